The van der Waals surface area contributed by atoms with Crippen LogP contribution >= 0.6 is 0 Å². The summed E-state index contributed by atoms with van der Waals surface area (Å²) < 4.78 is 5.31. The number of quaternary nitrogens is 1. The van der Waals surface area contributed by atoms with Crippen molar-refractivity contribution >= 4 is 5.97 Å². The van der Waals surface area contributed by atoms with Gasteiger partial charge in [0.25, 0.3) is 0 Å². The Bertz CT molecular complexity index is 574. The topological polar surface area (TPSA) is 69.9 Å². The molecule has 0 spiro atoms. The molecule has 2 rings (SSSR count). The molecule has 4 nitrogen and oxygen atoms in total. The quantitative estimate of drug-likeness (QED) is 0.764. The van der Waals surface area contributed by atoms with Crippen LogP contribution in [0.25, 0.3) is 0 Å². The lowest BCUT2D eigenvalue weighted by atomic mass is 10.1. The lowest BCUT2D eigenvalue weighted by Gasteiger charge is -2.11. The van der Waals surface area contributed by atoms with Crippen LogP contribution in [0.4, 0.5) is 0 Å². The van der Waals surface area contributed by atoms with Gasteiger partial charge in [-0.1, -0.05) is 36.4 Å². The van der Waals surface area contributed by atoms with Crippen LogP contribution in [-0.2, 0) is 6.54 Å². The van der Waals surface area contributed by atoms with Crippen molar-refractivity contribution in [1.82, 2.24) is 0 Å². The van der Waals surface area contributed by atoms with E-state index in [9.17, 15) is 9.90 Å². The second-order valence-corrected chi connectivity index (χ2v) is 4.55. The summed E-state index contributed by atoms with van der Waals surface area (Å²) in [6.07, 6.45) is 2.50. The van der Waals surface area contributed by atoms with Crippen LogP contribution in [0.2, 0.25) is 0 Å². The van der Waals surface area contributed by atoms with Gasteiger partial charge in [0.1, 0.15) is 24.3 Å². The van der Waals surface area contributed by atoms with Crippen molar-refractivity contribution in [3.63, 3.8) is 0 Å². The van der Waals surface area contributed by atoms with E-state index in [1.165, 1.54) is 11.6 Å². The highest BCUT2D eigenvalue weighted by molar-refractivity contribution is 5.82. The number of carbonyl (C=O) groups is 1. The molecule has 4 heteroatoms. The Labute approximate surface area is 117 Å². The largest absolute Gasteiger partial charge is 0.542 e. The number of carboxylic acids is 1. The average molecular weight is 271 g/mol. The zero-order valence-electron chi connectivity index (χ0n) is 11.1. The van der Waals surface area contributed by atoms with Crippen LogP contribution in [0, 0.1) is 0 Å². The third kappa shape index (κ3) is 3.59. The van der Waals surface area contributed by atoms with Gasteiger partial charge in [-0.25, -0.2) is 0 Å². The second-order valence-electron chi connectivity index (χ2n) is 4.55. The van der Waals surface area contributed by atoms with E-state index in [1.807, 2.05) is 18.2 Å². The van der Waals surface area contributed by atoms with Crippen LogP contribution in [0.15, 0.2) is 59.5 Å². The number of benzene rings is 1. The molecular formula is C16H17NO3. The maximum atomic E-state index is 10.7. The van der Waals surface area contributed by atoms with Crippen molar-refractivity contribution in [3.05, 3.63) is 72.2 Å². The van der Waals surface area contributed by atoms with Gasteiger partial charge in [-0.15, -0.1) is 6.58 Å². The first-order chi connectivity index (χ1) is 9.70. The average Bonchev–Trinajstić information content (AvgIpc) is 2.94. The molecule has 0 aliphatic carbocycles. The molecule has 0 unspecified atom stereocenters. The molecule has 0 aliphatic heterocycles. The molecule has 0 saturated carbocycles. The second kappa shape index (κ2) is 6.73. The van der Waals surface area contributed by atoms with Crippen molar-refractivity contribution in [2.45, 2.75) is 19.0 Å². The van der Waals surface area contributed by atoms with E-state index in [1.54, 1.807) is 12.1 Å². The Hall–Kier alpha value is -2.33. The van der Waals surface area contributed by atoms with E-state index in [4.69, 9.17) is 4.42 Å². The van der Waals surface area contributed by atoms with E-state index in [0.717, 1.165) is 6.54 Å². The molecule has 0 bridgehead atoms. The summed E-state index contributed by atoms with van der Waals surface area (Å²) in [6.45, 7) is 4.52. The number of hydrogen-bond donors (Lipinski definition) is 1. The third-order valence-electron chi connectivity index (χ3n) is 3.09. The maximum absolute atomic E-state index is 10.7. The molecule has 1 aromatic carbocycles. The van der Waals surface area contributed by atoms with Gasteiger partial charge in [0.2, 0.25) is 0 Å². The van der Waals surface area contributed by atoms with E-state index in [2.05, 4.69) is 24.0 Å². The monoisotopic (exact) mass is 271 g/mol. The first-order valence-corrected chi connectivity index (χ1v) is 6.50. The summed E-state index contributed by atoms with van der Waals surface area (Å²) >= 11 is 0. The van der Waals surface area contributed by atoms with E-state index >= 15 is 0 Å². The highest BCUT2D eigenvalue weighted by atomic mass is 16.4. The van der Waals surface area contributed by atoms with Gasteiger partial charge in [-0.2, -0.15) is 0 Å². The predicted molar refractivity (Wildman–Crippen MR) is 72.7 cm³/mol. The molecular weight excluding hydrogens is 254 g/mol. The van der Waals surface area contributed by atoms with Crippen LogP contribution in [-0.4, -0.2) is 5.97 Å². The van der Waals surface area contributed by atoms with Gasteiger partial charge in [-0.3, -0.25) is 0 Å². The zero-order valence-corrected chi connectivity index (χ0v) is 11.1. The molecule has 0 aliphatic rings. The van der Waals surface area contributed by atoms with Crippen LogP contribution in [0.3, 0.4) is 0 Å². The number of rotatable bonds is 7. The third-order valence-corrected chi connectivity index (χ3v) is 3.09. The minimum absolute atomic E-state index is 0.0146. The highest BCUT2D eigenvalue weighted by Gasteiger charge is 2.17. The summed E-state index contributed by atoms with van der Waals surface area (Å²) in [5, 5.41) is 12.8. The number of nitrogens with two attached hydrogens (primary N) is 1. The van der Waals surface area contributed by atoms with E-state index < -0.39 is 5.97 Å². The Morgan fingerprint density at radius 3 is 2.65 bits per heavy atom. The molecule has 0 amide bonds. The maximum Gasteiger partial charge on any atom is 0.162 e. The standard InChI is InChI=1S/C16H17NO3/c1-2-6-13(14-9-10-15(20-14)16(18)19)17-11-12-7-4-3-5-8-12/h2-5,7-10,13,17H,1,6,11H2,(H,18,19)/t13-/m1/s1. The number of furan rings is 1. The fourth-order valence-corrected chi connectivity index (χ4v) is 2.06. The fourth-order valence-electron chi connectivity index (χ4n) is 2.06. The first-order valence-electron chi connectivity index (χ1n) is 6.50. The van der Waals surface area contributed by atoms with Crippen molar-refractivity contribution in [3.8, 4) is 0 Å². The molecule has 1 heterocycles. The summed E-state index contributed by atoms with van der Waals surface area (Å²) in [5.41, 5.74) is 1.20. The van der Waals surface area contributed by atoms with Gasteiger partial charge in [0, 0.05) is 12.0 Å². The Balaban J connectivity index is 2.06. The lowest BCUT2D eigenvalue weighted by Crippen LogP contribution is -2.83. The van der Waals surface area contributed by atoms with Crippen molar-refractivity contribution in [1.29, 1.82) is 0 Å². The number of carboxylic acid groups (broad SMARTS) is 1. The summed E-state index contributed by atoms with van der Waals surface area (Å²) in [4.78, 5) is 10.7. The van der Waals surface area contributed by atoms with Gasteiger partial charge in [0.05, 0.1) is 0 Å². The predicted octanol–water partition coefficient (Wildman–Crippen LogP) is 1.02. The van der Waals surface area contributed by atoms with Crippen molar-refractivity contribution < 1.29 is 19.6 Å². The number of hydrogen-bond acceptors (Lipinski definition) is 3. The number of aromatic carboxylic acids is 1. The van der Waals surface area contributed by atoms with E-state index in [-0.39, 0.29) is 11.8 Å². The molecule has 2 aromatic rings. The van der Waals surface area contributed by atoms with Crippen LogP contribution in [0.5, 0.6) is 0 Å². The normalized spacial score (nSPS) is 12.0. The van der Waals surface area contributed by atoms with Gasteiger partial charge in [0.15, 0.2) is 5.76 Å². The minimum Gasteiger partial charge on any atom is -0.542 e. The smallest absolute Gasteiger partial charge is 0.162 e. The molecule has 1 aromatic heterocycles. The number of carbonyl (C=O) groups excluding carboxylic acids is 1. The molecule has 2 N–H and O–H groups in total. The fraction of sp³-hybridized carbons (Fsp3) is 0.188. The Kier molecular flexibility index (Phi) is 4.74. The molecule has 0 fully saturated rings. The molecule has 0 radical (unpaired) electrons. The Morgan fingerprint density at radius 2 is 2.05 bits per heavy atom. The zero-order chi connectivity index (χ0) is 14.4. The van der Waals surface area contributed by atoms with Gasteiger partial charge < -0.3 is 19.6 Å². The van der Waals surface area contributed by atoms with Gasteiger partial charge >= 0.3 is 0 Å². The van der Waals surface area contributed by atoms with Crippen LogP contribution < -0.4 is 10.4 Å². The summed E-state index contributed by atoms with van der Waals surface area (Å²) in [6, 6.07) is 13.2. The van der Waals surface area contributed by atoms with E-state index in [0.29, 0.717) is 12.2 Å². The summed E-state index contributed by atoms with van der Waals surface area (Å²) in [5.74, 6) is -0.807. The molecule has 0 saturated heterocycles. The first kappa shape index (κ1) is 14.1. The Morgan fingerprint density at radius 1 is 1.30 bits per heavy atom. The van der Waals surface area contributed by atoms with Crippen molar-refractivity contribution in [2.24, 2.45) is 0 Å². The van der Waals surface area contributed by atoms with Crippen molar-refractivity contribution in [2.75, 3.05) is 0 Å². The highest BCUT2D eigenvalue weighted by Crippen LogP contribution is 2.16. The molecule has 1 atom stereocenters. The summed E-state index contributed by atoms with van der Waals surface area (Å²) in [7, 11) is 0. The SMILES string of the molecule is C=CC[C@@H]([NH2+]Cc1ccccc1)c1ccc(C(=O)[O-])o1. The lowest BCUT2D eigenvalue weighted by molar-refractivity contribution is -0.712. The van der Waals surface area contributed by atoms with Crippen LogP contribution in [0.1, 0.15) is 34.3 Å². The molecule has 20 heavy (non-hydrogen) atoms. The minimum atomic E-state index is -1.29. The van der Waals surface area contributed by atoms with Gasteiger partial charge in [-0.05, 0) is 12.1 Å². The molecule has 104 valence electrons.